The number of phenolic OH excluding ortho intramolecular Hbond substituents is 1. The fourth-order valence-corrected chi connectivity index (χ4v) is 2.37. The molecule has 2 aromatic rings. The minimum Gasteiger partial charge on any atom is -0.508 e. The lowest BCUT2D eigenvalue weighted by Crippen LogP contribution is -2.14. The Balaban J connectivity index is 2.36. The first-order chi connectivity index (χ1) is 9.88. The molecule has 21 heavy (non-hydrogen) atoms. The maximum atomic E-state index is 12.1. The number of halogens is 2. The summed E-state index contributed by atoms with van der Waals surface area (Å²) in [6.07, 6.45) is 0. The van der Waals surface area contributed by atoms with Gasteiger partial charge in [0.2, 0.25) is 0 Å². The number of hydrogen-bond donors (Lipinski definition) is 2. The summed E-state index contributed by atoms with van der Waals surface area (Å²) in [6, 6.07) is 8.03. The predicted molar refractivity (Wildman–Crippen MR) is 81.9 cm³/mol. The van der Waals surface area contributed by atoms with Crippen LogP contribution >= 0.6 is 27.5 Å². The second-order valence-electron chi connectivity index (χ2n) is 4.04. The highest BCUT2D eigenvalue weighted by Crippen LogP contribution is 2.28. The van der Waals surface area contributed by atoms with Crippen molar-refractivity contribution in [2.75, 3.05) is 5.32 Å². The number of amides is 1. The van der Waals surface area contributed by atoms with E-state index in [1.165, 1.54) is 0 Å². The summed E-state index contributed by atoms with van der Waals surface area (Å²) >= 11 is 9.19. The van der Waals surface area contributed by atoms with Crippen LogP contribution < -0.4 is 5.32 Å². The van der Waals surface area contributed by atoms with E-state index in [0.29, 0.717) is 5.69 Å². The molecule has 2 N–H and O–H groups in total. The normalized spacial score (nSPS) is 10.2. The molecule has 0 heterocycles. The maximum absolute atomic E-state index is 12.1. The first kappa shape index (κ1) is 15.3. The van der Waals surface area contributed by atoms with E-state index in [9.17, 15) is 20.0 Å². The number of phenols is 1. The van der Waals surface area contributed by atoms with Crippen molar-refractivity contribution in [1.82, 2.24) is 0 Å². The molecule has 1 amide bonds. The van der Waals surface area contributed by atoms with Gasteiger partial charge < -0.3 is 10.4 Å². The Hall–Kier alpha value is -2.12. The van der Waals surface area contributed by atoms with Gasteiger partial charge in [-0.2, -0.15) is 0 Å². The van der Waals surface area contributed by atoms with Gasteiger partial charge in [-0.1, -0.05) is 27.5 Å². The second kappa shape index (κ2) is 6.11. The molecule has 0 atom stereocenters. The van der Waals surface area contributed by atoms with E-state index in [1.807, 2.05) is 0 Å². The van der Waals surface area contributed by atoms with Crippen molar-refractivity contribution in [3.63, 3.8) is 0 Å². The van der Waals surface area contributed by atoms with E-state index < -0.39 is 16.5 Å². The fourth-order valence-electron chi connectivity index (χ4n) is 1.65. The molecule has 0 radical (unpaired) electrons. The zero-order valence-corrected chi connectivity index (χ0v) is 12.7. The van der Waals surface area contributed by atoms with Crippen LogP contribution in [0.2, 0.25) is 5.02 Å². The molecule has 8 heteroatoms. The smallest absolute Gasteiger partial charge is 0.282 e. The number of aromatic hydroxyl groups is 1. The topological polar surface area (TPSA) is 92.5 Å². The molecule has 2 aromatic carbocycles. The summed E-state index contributed by atoms with van der Waals surface area (Å²) in [6.45, 7) is 0. The number of rotatable bonds is 3. The molecule has 0 aliphatic heterocycles. The Morgan fingerprint density at radius 3 is 2.62 bits per heavy atom. The summed E-state index contributed by atoms with van der Waals surface area (Å²) in [4.78, 5) is 22.3. The predicted octanol–water partition coefficient (Wildman–Crippen LogP) is 3.97. The Labute approximate surface area is 132 Å². The summed E-state index contributed by atoms with van der Waals surface area (Å²) in [7, 11) is 0. The van der Waals surface area contributed by atoms with Gasteiger partial charge in [0.1, 0.15) is 11.3 Å². The van der Waals surface area contributed by atoms with Crippen molar-refractivity contribution >= 4 is 44.8 Å². The van der Waals surface area contributed by atoms with Gasteiger partial charge in [-0.15, -0.1) is 0 Å². The molecule has 2 rings (SSSR count). The minimum atomic E-state index is -0.734. The van der Waals surface area contributed by atoms with Crippen molar-refractivity contribution in [3.8, 4) is 5.75 Å². The molecule has 0 unspecified atom stereocenters. The van der Waals surface area contributed by atoms with Gasteiger partial charge in [0, 0.05) is 10.5 Å². The van der Waals surface area contributed by atoms with Crippen LogP contribution in [0.5, 0.6) is 5.75 Å². The molecule has 0 aliphatic carbocycles. The van der Waals surface area contributed by atoms with E-state index >= 15 is 0 Å². The lowest BCUT2D eigenvalue weighted by molar-refractivity contribution is -0.385. The number of nitro benzene ring substituents is 1. The summed E-state index contributed by atoms with van der Waals surface area (Å²) in [5.74, 6) is -0.977. The van der Waals surface area contributed by atoms with Gasteiger partial charge in [-0.05, 0) is 30.3 Å². The van der Waals surface area contributed by atoms with Gasteiger partial charge in [0.25, 0.3) is 11.6 Å². The van der Waals surface area contributed by atoms with Crippen LogP contribution in [0, 0.1) is 10.1 Å². The van der Waals surface area contributed by atoms with Gasteiger partial charge in [0.15, 0.2) is 0 Å². The van der Waals surface area contributed by atoms with Gasteiger partial charge in [-0.3, -0.25) is 14.9 Å². The van der Waals surface area contributed by atoms with E-state index in [4.69, 9.17) is 11.6 Å². The Morgan fingerprint density at radius 2 is 2.00 bits per heavy atom. The lowest BCUT2D eigenvalue weighted by atomic mass is 10.1. The molecule has 108 valence electrons. The average molecular weight is 372 g/mol. The monoisotopic (exact) mass is 370 g/mol. The molecular weight excluding hydrogens is 364 g/mol. The number of nitrogens with one attached hydrogen (secondary N) is 1. The van der Waals surface area contributed by atoms with Gasteiger partial charge >= 0.3 is 0 Å². The van der Waals surface area contributed by atoms with Crippen LogP contribution in [-0.4, -0.2) is 15.9 Å². The Morgan fingerprint density at radius 1 is 1.29 bits per heavy atom. The Kier molecular flexibility index (Phi) is 4.44. The zero-order chi connectivity index (χ0) is 15.6. The summed E-state index contributed by atoms with van der Waals surface area (Å²) in [5.41, 5.74) is -0.347. The third-order valence-electron chi connectivity index (χ3n) is 2.60. The Bertz CT molecular complexity index is 736. The van der Waals surface area contributed by atoms with Crippen molar-refractivity contribution in [2.45, 2.75) is 0 Å². The number of hydrogen-bond acceptors (Lipinski definition) is 4. The van der Waals surface area contributed by atoms with Crippen LogP contribution in [0.4, 0.5) is 11.4 Å². The van der Waals surface area contributed by atoms with Crippen molar-refractivity contribution < 1.29 is 14.8 Å². The largest absolute Gasteiger partial charge is 0.508 e. The average Bonchev–Trinajstić information content (AvgIpc) is 2.41. The number of anilines is 1. The van der Waals surface area contributed by atoms with Crippen LogP contribution in [0.1, 0.15) is 10.4 Å². The highest BCUT2D eigenvalue weighted by atomic mass is 79.9. The molecule has 0 aromatic heterocycles. The third-order valence-corrected chi connectivity index (χ3v) is 3.41. The van der Waals surface area contributed by atoms with E-state index in [-0.39, 0.29) is 16.3 Å². The third kappa shape index (κ3) is 3.50. The molecule has 0 fully saturated rings. The highest BCUT2D eigenvalue weighted by molar-refractivity contribution is 9.10. The highest BCUT2D eigenvalue weighted by Gasteiger charge is 2.21. The van der Waals surface area contributed by atoms with E-state index in [0.717, 1.165) is 22.7 Å². The molecule has 0 saturated heterocycles. The zero-order valence-electron chi connectivity index (χ0n) is 10.3. The minimum absolute atomic E-state index is 0.243. The van der Waals surface area contributed by atoms with E-state index in [1.54, 1.807) is 18.2 Å². The quantitative estimate of drug-likeness (QED) is 0.631. The molecule has 6 nitrogen and oxygen atoms in total. The SMILES string of the molecule is O=C(Nc1ccc(Br)cc1Cl)c1cc(O)ccc1[N+](=O)[O-]. The number of carbonyl (C=O) groups excluding carboxylic acids is 1. The molecule has 0 saturated carbocycles. The number of carbonyl (C=O) groups is 1. The first-order valence-corrected chi connectivity index (χ1v) is 6.79. The lowest BCUT2D eigenvalue weighted by Gasteiger charge is -2.08. The first-order valence-electron chi connectivity index (χ1n) is 5.62. The van der Waals surface area contributed by atoms with Crippen LogP contribution in [0.15, 0.2) is 40.9 Å². The van der Waals surface area contributed by atoms with Crippen molar-refractivity contribution in [2.24, 2.45) is 0 Å². The van der Waals surface area contributed by atoms with Crippen molar-refractivity contribution in [3.05, 3.63) is 61.6 Å². The van der Waals surface area contributed by atoms with Crippen LogP contribution in [0.25, 0.3) is 0 Å². The van der Waals surface area contributed by atoms with Crippen LogP contribution in [-0.2, 0) is 0 Å². The maximum Gasteiger partial charge on any atom is 0.282 e. The molecule has 0 spiro atoms. The summed E-state index contributed by atoms with van der Waals surface area (Å²) < 4.78 is 0.730. The number of nitrogens with zero attached hydrogens (tertiary/aromatic N) is 1. The van der Waals surface area contributed by atoms with Crippen molar-refractivity contribution in [1.29, 1.82) is 0 Å². The molecular formula is C13H8BrClN2O4. The van der Waals surface area contributed by atoms with E-state index in [2.05, 4.69) is 21.2 Å². The second-order valence-corrected chi connectivity index (χ2v) is 5.36. The fraction of sp³-hybridized carbons (Fsp3) is 0. The standard InChI is InChI=1S/C13H8BrClN2O4/c14-7-1-3-11(10(15)5-7)16-13(19)9-6-8(18)2-4-12(9)17(20)21/h1-6,18H,(H,16,19). The van der Waals surface area contributed by atoms with Gasteiger partial charge in [-0.25, -0.2) is 0 Å². The number of nitro groups is 1. The molecule has 0 bridgehead atoms. The summed E-state index contributed by atoms with van der Waals surface area (Å²) in [5, 5.41) is 23.1. The van der Waals surface area contributed by atoms with Gasteiger partial charge in [0.05, 0.1) is 15.6 Å². The number of benzene rings is 2. The molecule has 0 aliphatic rings. The van der Waals surface area contributed by atoms with Crippen LogP contribution in [0.3, 0.4) is 0 Å².